The highest BCUT2D eigenvalue weighted by molar-refractivity contribution is 6.74. The van der Waals surface area contributed by atoms with Crippen LogP contribution < -0.4 is 0 Å². The molecule has 36 heavy (non-hydrogen) atoms. The Hall–Kier alpha value is -2.69. The van der Waals surface area contributed by atoms with Crippen molar-refractivity contribution >= 4 is 14.2 Å². The number of hydrogen-bond acceptors (Lipinski definition) is 2. The van der Waals surface area contributed by atoms with E-state index >= 15 is 0 Å². The van der Waals surface area contributed by atoms with Crippen LogP contribution in [0.3, 0.4) is 0 Å². The van der Waals surface area contributed by atoms with E-state index in [0.717, 1.165) is 5.56 Å². The summed E-state index contributed by atoms with van der Waals surface area (Å²) in [6.07, 6.45) is -0.176. The summed E-state index contributed by atoms with van der Waals surface area (Å²) in [6, 6.07) is 31.3. The lowest BCUT2D eigenvalue weighted by atomic mass is 10.0. The van der Waals surface area contributed by atoms with Gasteiger partial charge in [0.2, 0.25) is 5.91 Å². The molecule has 3 aromatic carbocycles. The maximum atomic E-state index is 14.1. The number of carbonyl (C=O) groups is 1. The summed E-state index contributed by atoms with van der Waals surface area (Å²) in [7, 11) is -0.117. The smallest absolute Gasteiger partial charge is 0.227 e. The molecule has 1 amide bonds. The van der Waals surface area contributed by atoms with E-state index < -0.39 is 8.32 Å². The summed E-state index contributed by atoms with van der Waals surface area (Å²) in [5, 5.41) is 0.0790. The molecule has 0 radical (unpaired) electrons. The Kier molecular flexibility index (Phi) is 7.58. The van der Waals surface area contributed by atoms with E-state index in [1.807, 2.05) is 30.1 Å². The van der Waals surface area contributed by atoms with Crippen LogP contribution in [0.4, 0.5) is 0 Å². The minimum atomic E-state index is -2.08. The van der Waals surface area contributed by atoms with Gasteiger partial charge in [0.25, 0.3) is 0 Å². The Bertz CT molecular complexity index is 1100. The molecule has 0 heterocycles. The quantitative estimate of drug-likeness (QED) is 0.296. The van der Waals surface area contributed by atoms with Gasteiger partial charge in [0.15, 0.2) is 8.32 Å². The number of hydrogen-bond donors (Lipinski definition) is 0. The Morgan fingerprint density at radius 1 is 0.806 bits per heavy atom. The summed E-state index contributed by atoms with van der Waals surface area (Å²) in [6.45, 7) is 13.5. The van der Waals surface area contributed by atoms with Crippen molar-refractivity contribution in [2.24, 2.45) is 5.92 Å². The van der Waals surface area contributed by atoms with Crippen LogP contribution in [0, 0.1) is 5.92 Å². The number of rotatable bonds is 8. The molecule has 0 bridgehead atoms. The SMILES string of the molecule is C[C@H]([C@H](O[Si](C)(C)C(C)(C)C)c1ccccc1)N(C)C(=O)C1[C@@H](c2ccccc2)[C@@H]1c1ccccc1. The van der Waals surface area contributed by atoms with Gasteiger partial charge in [-0.15, -0.1) is 0 Å². The first-order valence-electron chi connectivity index (χ1n) is 13.1. The number of likely N-dealkylation sites (N-methyl/N-ethyl adjacent to an activating group) is 1. The van der Waals surface area contributed by atoms with Gasteiger partial charge in [0.05, 0.1) is 18.1 Å². The largest absolute Gasteiger partial charge is 0.408 e. The molecular weight excluding hydrogens is 458 g/mol. The van der Waals surface area contributed by atoms with E-state index in [0.29, 0.717) is 0 Å². The number of benzene rings is 3. The van der Waals surface area contributed by atoms with Crippen molar-refractivity contribution in [1.82, 2.24) is 4.90 Å². The zero-order chi connectivity index (χ0) is 26.1. The molecule has 1 fully saturated rings. The predicted molar refractivity (Wildman–Crippen MR) is 152 cm³/mol. The molecule has 3 aromatic rings. The minimum Gasteiger partial charge on any atom is -0.408 e. The van der Waals surface area contributed by atoms with Crippen LogP contribution in [-0.2, 0) is 9.22 Å². The van der Waals surface area contributed by atoms with Crippen LogP contribution in [0.5, 0.6) is 0 Å². The second-order valence-corrected chi connectivity index (χ2v) is 16.6. The van der Waals surface area contributed by atoms with Gasteiger partial charge in [-0.2, -0.15) is 0 Å². The lowest BCUT2D eigenvalue weighted by molar-refractivity contribution is -0.135. The summed E-state index contributed by atoms with van der Waals surface area (Å²) < 4.78 is 6.99. The number of carbonyl (C=O) groups excluding carboxylic acids is 1. The Balaban J connectivity index is 1.63. The van der Waals surface area contributed by atoms with E-state index in [2.05, 4.69) is 114 Å². The molecule has 0 N–H and O–H groups in total. The fourth-order valence-corrected chi connectivity index (χ4v) is 6.34. The zero-order valence-corrected chi connectivity index (χ0v) is 23.8. The van der Waals surface area contributed by atoms with Gasteiger partial charge < -0.3 is 9.33 Å². The van der Waals surface area contributed by atoms with Gasteiger partial charge in [-0.1, -0.05) is 112 Å². The normalized spacial score (nSPS) is 21.5. The molecule has 1 saturated carbocycles. The molecule has 0 spiro atoms. The van der Waals surface area contributed by atoms with Crippen LogP contribution in [0.2, 0.25) is 18.1 Å². The molecule has 1 aliphatic carbocycles. The second-order valence-electron chi connectivity index (χ2n) is 11.8. The maximum absolute atomic E-state index is 14.1. The summed E-state index contributed by atoms with van der Waals surface area (Å²) in [5.41, 5.74) is 3.61. The third kappa shape index (κ3) is 5.35. The average molecular weight is 500 g/mol. The van der Waals surface area contributed by atoms with E-state index in [-0.39, 0.29) is 40.8 Å². The van der Waals surface area contributed by atoms with Gasteiger partial charge >= 0.3 is 0 Å². The highest BCUT2D eigenvalue weighted by Gasteiger charge is 2.57. The first-order valence-corrected chi connectivity index (χ1v) is 16.0. The number of amides is 1. The summed E-state index contributed by atoms with van der Waals surface area (Å²) >= 11 is 0. The average Bonchev–Trinajstić information content (AvgIpc) is 3.63. The van der Waals surface area contributed by atoms with Gasteiger partial charge in [-0.25, -0.2) is 0 Å². The van der Waals surface area contributed by atoms with E-state index in [9.17, 15) is 4.79 Å². The third-order valence-corrected chi connectivity index (χ3v) is 12.9. The van der Waals surface area contributed by atoms with E-state index in [1.165, 1.54) is 11.1 Å². The lowest BCUT2D eigenvalue weighted by Gasteiger charge is -2.43. The standard InChI is InChI=1S/C32H41NO2Si/c1-23(30(26-21-15-10-16-22-26)35-36(6,7)32(2,3)4)33(5)31(34)29-27(24-17-11-8-12-18-24)28(29)25-19-13-9-14-20-25/h8-23,27-30H,1-7H3/t23-,27+,28+,30+/m1/s1. The van der Waals surface area contributed by atoms with Crippen molar-refractivity contribution < 1.29 is 9.22 Å². The van der Waals surface area contributed by atoms with Gasteiger partial charge in [0, 0.05) is 18.9 Å². The van der Waals surface area contributed by atoms with Gasteiger partial charge in [-0.05, 0) is 41.7 Å². The zero-order valence-electron chi connectivity index (χ0n) is 22.8. The molecule has 4 heteroatoms. The summed E-state index contributed by atoms with van der Waals surface area (Å²) in [5.74, 6) is 0.538. The minimum absolute atomic E-state index is 0.0634. The van der Waals surface area contributed by atoms with Gasteiger partial charge in [0.1, 0.15) is 0 Å². The molecule has 4 atom stereocenters. The maximum Gasteiger partial charge on any atom is 0.227 e. The molecule has 3 nitrogen and oxygen atoms in total. The molecule has 0 aliphatic heterocycles. The lowest BCUT2D eigenvalue weighted by Crippen LogP contribution is -2.48. The van der Waals surface area contributed by atoms with Crippen LogP contribution in [0.25, 0.3) is 0 Å². The highest BCUT2D eigenvalue weighted by atomic mass is 28.4. The van der Waals surface area contributed by atoms with Crippen molar-refractivity contribution in [2.45, 2.75) is 69.8 Å². The highest BCUT2D eigenvalue weighted by Crippen LogP contribution is 2.61. The fourth-order valence-electron chi connectivity index (χ4n) is 5.02. The van der Waals surface area contributed by atoms with Crippen molar-refractivity contribution in [3.05, 3.63) is 108 Å². The Morgan fingerprint density at radius 3 is 1.64 bits per heavy atom. The monoisotopic (exact) mass is 499 g/mol. The molecule has 1 aliphatic rings. The first-order chi connectivity index (χ1) is 17.0. The molecule has 190 valence electrons. The van der Waals surface area contributed by atoms with Crippen molar-refractivity contribution in [3.63, 3.8) is 0 Å². The predicted octanol–water partition coefficient (Wildman–Crippen LogP) is 7.79. The van der Waals surface area contributed by atoms with Gasteiger partial charge in [-0.3, -0.25) is 4.79 Å². The molecule has 0 unspecified atom stereocenters. The third-order valence-electron chi connectivity index (χ3n) is 8.43. The molecule has 0 saturated heterocycles. The van der Waals surface area contributed by atoms with Crippen LogP contribution in [0.1, 0.15) is 62.3 Å². The Morgan fingerprint density at radius 2 is 1.22 bits per heavy atom. The topological polar surface area (TPSA) is 29.5 Å². The van der Waals surface area contributed by atoms with E-state index in [4.69, 9.17) is 4.43 Å². The molecule has 0 aromatic heterocycles. The van der Waals surface area contributed by atoms with Crippen LogP contribution >= 0.6 is 0 Å². The Labute approximate surface area is 218 Å². The number of nitrogens with zero attached hydrogens (tertiary/aromatic N) is 1. The van der Waals surface area contributed by atoms with Crippen molar-refractivity contribution in [1.29, 1.82) is 0 Å². The molecular formula is C32H41NO2Si. The molecule has 4 rings (SSSR count). The van der Waals surface area contributed by atoms with Crippen molar-refractivity contribution in [3.8, 4) is 0 Å². The summed E-state index contributed by atoms with van der Waals surface area (Å²) in [4.78, 5) is 16.0. The van der Waals surface area contributed by atoms with Crippen LogP contribution in [-0.4, -0.2) is 32.2 Å². The van der Waals surface area contributed by atoms with Crippen molar-refractivity contribution in [2.75, 3.05) is 7.05 Å². The van der Waals surface area contributed by atoms with E-state index in [1.54, 1.807) is 0 Å². The second kappa shape index (κ2) is 10.4. The van der Waals surface area contributed by atoms with Crippen LogP contribution in [0.15, 0.2) is 91.0 Å². The first kappa shape index (κ1) is 26.4. The fraction of sp³-hybridized carbons (Fsp3) is 0.406.